The molecule has 2 heterocycles. The molecule has 0 aliphatic carbocycles. The number of hydrogen-bond acceptors (Lipinski definition) is 4. The number of fused-ring (bicyclic) bond motifs is 2. The summed E-state index contributed by atoms with van der Waals surface area (Å²) in [6, 6.07) is 3.82. The number of hydrogen-bond donors (Lipinski definition) is 1. The van der Waals surface area contributed by atoms with Gasteiger partial charge in [-0.1, -0.05) is 5.21 Å². The summed E-state index contributed by atoms with van der Waals surface area (Å²) in [5.41, 5.74) is 2.62. The second-order valence-electron chi connectivity index (χ2n) is 2.76. The van der Waals surface area contributed by atoms with Gasteiger partial charge in [0.1, 0.15) is 11.8 Å². The summed E-state index contributed by atoms with van der Waals surface area (Å²) in [6.45, 7) is 0. The van der Waals surface area contributed by atoms with Crippen LogP contribution in [0.25, 0.3) is 21.9 Å². The van der Waals surface area contributed by atoms with E-state index >= 15 is 0 Å². The molecule has 0 unspecified atom stereocenters. The maximum atomic E-state index is 4.12. The summed E-state index contributed by atoms with van der Waals surface area (Å²) in [7, 11) is 0. The molecule has 2 aromatic heterocycles. The van der Waals surface area contributed by atoms with Gasteiger partial charge in [-0.15, -0.1) is 5.10 Å². The average molecular weight is 171 g/mol. The topological polar surface area (TPSA) is 67.3 Å². The summed E-state index contributed by atoms with van der Waals surface area (Å²) in [4.78, 5) is 8.06. The van der Waals surface area contributed by atoms with Crippen molar-refractivity contribution in [2.45, 2.75) is 0 Å². The van der Waals surface area contributed by atoms with E-state index in [1.165, 1.54) is 6.33 Å². The summed E-state index contributed by atoms with van der Waals surface area (Å²) in [5, 5.41) is 11.4. The Labute approximate surface area is 72.8 Å². The van der Waals surface area contributed by atoms with E-state index in [0.717, 1.165) is 21.9 Å². The van der Waals surface area contributed by atoms with Crippen molar-refractivity contribution >= 4 is 21.9 Å². The smallest absolute Gasteiger partial charge is 0.116 e. The summed E-state index contributed by atoms with van der Waals surface area (Å²) >= 11 is 0. The quantitative estimate of drug-likeness (QED) is 0.545. The molecule has 5 nitrogen and oxygen atoms in total. The van der Waals surface area contributed by atoms with E-state index in [0.29, 0.717) is 0 Å². The number of benzene rings is 1. The van der Waals surface area contributed by atoms with Crippen LogP contribution < -0.4 is 0 Å². The van der Waals surface area contributed by atoms with Crippen LogP contribution in [0.15, 0.2) is 24.7 Å². The molecule has 5 heteroatoms. The fourth-order valence-electron chi connectivity index (χ4n) is 1.32. The monoisotopic (exact) mass is 171 g/mol. The number of nitrogens with zero attached hydrogens (tertiary/aromatic N) is 4. The number of H-pyrrole nitrogens is 1. The molecule has 0 fully saturated rings. The molecule has 0 spiro atoms. The number of rotatable bonds is 0. The predicted molar refractivity (Wildman–Crippen MR) is 47.0 cm³/mol. The van der Waals surface area contributed by atoms with E-state index in [2.05, 4.69) is 25.4 Å². The maximum Gasteiger partial charge on any atom is 0.116 e. The van der Waals surface area contributed by atoms with Crippen LogP contribution in [0.3, 0.4) is 0 Å². The molecular weight excluding hydrogens is 166 g/mol. The molecule has 0 atom stereocenters. The van der Waals surface area contributed by atoms with Gasteiger partial charge in [0.15, 0.2) is 0 Å². The SMILES string of the molecule is c1ncc2cc3[nH]nnc3cc2n1. The average Bonchev–Trinajstić information content (AvgIpc) is 2.61. The third-order valence-corrected chi connectivity index (χ3v) is 1.95. The maximum absolute atomic E-state index is 4.12. The van der Waals surface area contributed by atoms with Crippen molar-refractivity contribution in [3.05, 3.63) is 24.7 Å². The van der Waals surface area contributed by atoms with Crippen LogP contribution in [0.4, 0.5) is 0 Å². The second-order valence-corrected chi connectivity index (χ2v) is 2.76. The minimum atomic E-state index is 0.825. The van der Waals surface area contributed by atoms with Crippen molar-refractivity contribution in [2.24, 2.45) is 0 Å². The molecule has 3 aromatic rings. The predicted octanol–water partition coefficient (Wildman–Crippen LogP) is 0.901. The molecule has 62 valence electrons. The van der Waals surface area contributed by atoms with E-state index in [-0.39, 0.29) is 0 Å². The Morgan fingerprint density at radius 2 is 2.15 bits per heavy atom. The Morgan fingerprint density at radius 1 is 1.15 bits per heavy atom. The molecule has 1 N–H and O–H groups in total. The number of aromatic amines is 1. The van der Waals surface area contributed by atoms with Crippen molar-refractivity contribution < 1.29 is 0 Å². The highest BCUT2D eigenvalue weighted by Crippen LogP contribution is 2.16. The molecule has 0 bridgehead atoms. The van der Waals surface area contributed by atoms with Gasteiger partial charge in [-0.25, -0.2) is 9.97 Å². The van der Waals surface area contributed by atoms with Crippen molar-refractivity contribution in [1.82, 2.24) is 25.4 Å². The van der Waals surface area contributed by atoms with Gasteiger partial charge in [0.05, 0.1) is 11.0 Å². The van der Waals surface area contributed by atoms with Crippen molar-refractivity contribution in [2.75, 3.05) is 0 Å². The normalized spacial score (nSPS) is 11.1. The van der Waals surface area contributed by atoms with Crippen LogP contribution in [-0.4, -0.2) is 25.4 Å². The zero-order valence-corrected chi connectivity index (χ0v) is 6.60. The Balaban J connectivity index is 2.57. The molecule has 3 rings (SSSR count). The summed E-state index contributed by atoms with van der Waals surface area (Å²) in [6.07, 6.45) is 3.29. The molecule has 0 saturated heterocycles. The van der Waals surface area contributed by atoms with Gasteiger partial charge >= 0.3 is 0 Å². The van der Waals surface area contributed by atoms with Crippen molar-refractivity contribution in [3.63, 3.8) is 0 Å². The third-order valence-electron chi connectivity index (χ3n) is 1.95. The number of aromatic nitrogens is 5. The van der Waals surface area contributed by atoms with Crippen LogP contribution in [0, 0.1) is 0 Å². The zero-order chi connectivity index (χ0) is 8.67. The first-order valence-electron chi connectivity index (χ1n) is 3.84. The highest BCUT2D eigenvalue weighted by Gasteiger charge is 2.00. The lowest BCUT2D eigenvalue weighted by Gasteiger charge is -1.93. The van der Waals surface area contributed by atoms with Crippen molar-refractivity contribution in [1.29, 1.82) is 0 Å². The van der Waals surface area contributed by atoms with E-state index < -0.39 is 0 Å². The second kappa shape index (κ2) is 2.22. The molecule has 0 radical (unpaired) electrons. The summed E-state index contributed by atoms with van der Waals surface area (Å²) in [5.74, 6) is 0. The highest BCUT2D eigenvalue weighted by molar-refractivity contribution is 5.91. The van der Waals surface area contributed by atoms with Gasteiger partial charge in [-0.2, -0.15) is 0 Å². The van der Waals surface area contributed by atoms with Gasteiger partial charge in [0.2, 0.25) is 0 Å². The van der Waals surface area contributed by atoms with E-state index in [4.69, 9.17) is 0 Å². The molecule has 1 aromatic carbocycles. The fraction of sp³-hybridized carbons (Fsp3) is 0. The minimum absolute atomic E-state index is 0.825. The van der Waals surface area contributed by atoms with Crippen LogP contribution in [-0.2, 0) is 0 Å². The lowest BCUT2D eigenvalue weighted by Crippen LogP contribution is -1.80. The minimum Gasteiger partial charge on any atom is -0.258 e. The lowest BCUT2D eigenvalue weighted by molar-refractivity contribution is 0.959. The lowest BCUT2D eigenvalue weighted by atomic mass is 10.2. The standard InChI is InChI=1S/C8H5N5/c1-5-3-9-4-10-6(5)2-8-7(1)11-13-12-8/h1-4H,(H,11,12,13). The van der Waals surface area contributed by atoms with Crippen LogP contribution in [0.5, 0.6) is 0 Å². The molecule has 0 aliphatic rings. The first-order valence-corrected chi connectivity index (χ1v) is 3.84. The highest BCUT2D eigenvalue weighted by atomic mass is 15.3. The zero-order valence-electron chi connectivity index (χ0n) is 6.60. The Kier molecular flexibility index (Phi) is 1.11. The van der Waals surface area contributed by atoms with Gasteiger partial charge in [0.25, 0.3) is 0 Å². The Morgan fingerprint density at radius 3 is 3.15 bits per heavy atom. The van der Waals surface area contributed by atoms with Gasteiger partial charge < -0.3 is 0 Å². The van der Waals surface area contributed by atoms with Crippen molar-refractivity contribution in [3.8, 4) is 0 Å². The third kappa shape index (κ3) is 0.868. The van der Waals surface area contributed by atoms with Gasteiger partial charge in [-0.05, 0) is 12.1 Å². The number of nitrogens with one attached hydrogen (secondary N) is 1. The molecular formula is C8H5N5. The molecule has 0 saturated carbocycles. The first-order chi connectivity index (χ1) is 6.43. The van der Waals surface area contributed by atoms with Gasteiger partial charge in [-0.3, -0.25) is 5.10 Å². The van der Waals surface area contributed by atoms with Crippen LogP contribution in [0.2, 0.25) is 0 Å². The first kappa shape index (κ1) is 6.47. The van der Waals surface area contributed by atoms with E-state index in [9.17, 15) is 0 Å². The van der Waals surface area contributed by atoms with E-state index in [1.54, 1.807) is 6.20 Å². The largest absolute Gasteiger partial charge is 0.258 e. The molecule has 13 heavy (non-hydrogen) atoms. The van der Waals surface area contributed by atoms with Crippen LogP contribution in [0.1, 0.15) is 0 Å². The van der Waals surface area contributed by atoms with Gasteiger partial charge in [0, 0.05) is 11.6 Å². The van der Waals surface area contributed by atoms with Crippen LogP contribution >= 0.6 is 0 Å². The Bertz CT molecular complexity index is 521. The fourth-order valence-corrected chi connectivity index (χ4v) is 1.32. The summed E-state index contributed by atoms with van der Waals surface area (Å²) < 4.78 is 0. The van der Waals surface area contributed by atoms with E-state index in [1.807, 2.05) is 12.1 Å². The molecule has 0 aliphatic heterocycles. The Hall–Kier alpha value is -2.04. The molecule has 0 amide bonds.